The molecule has 0 aliphatic rings. The van der Waals surface area contributed by atoms with Crippen LogP contribution in [0, 0.1) is 0 Å². The van der Waals surface area contributed by atoms with Crippen LogP contribution in [0.3, 0.4) is 0 Å². The Kier molecular flexibility index (Phi) is 3.39. The van der Waals surface area contributed by atoms with Crippen LogP contribution < -0.4 is 0 Å². The van der Waals surface area contributed by atoms with Crippen molar-refractivity contribution >= 4 is 33.3 Å². The molecule has 0 saturated carbocycles. The Balaban J connectivity index is 3.21. The van der Waals surface area contributed by atoms with E-state index in [1.807, 2.05) is 0 Å². The first-order valence-corrected chi connectivity index (χ1v) is 5.67. The van der Waals surface area contributed by atoms with Crippen molar-refractivity contribution in [3.63, 3.8) is 0 Å². The number of hydrogen-bond donors (Lipinski definition) is 2. The summed E-state index contributed by atoms with van der Waals surface area (Å²) in [6, 6.07) is 3.85. The molecule has 0 radical (unpaired) electrons. The summed E-state index contributed by atoms with van der Waals surface area (Å²) in [6.45, 7) is 0. The predicted molar refractivity (Wildman–Crippen MR) is 53.0 cm³/mol. The highest BCUT2D eigenvalue weighted by Gasteiger charge is 2.24. The summed E-state index contributed by atoms with van der Waals surface area (Å²) in [6.07, 6.45) is 0. The molecule has 0 heterocycles. The van der Waals surface area contributed by atoms with Crippen LogP contribution in [0.25, 0.3) is 0 Å². The van der Waals surface area contributed by atoms with Gasteiger partial charge in [-0.2, -0.15) is 8.42 Å². The molecule has 1 rings (SSSR count). The SMILES string of the molecule is O=S(=O)(O)C(O)c1ccc(Cl)cc1Cl. The van der Waals surface area contributed by atoms with Crippen molar-refractivity contribution in [2.45, 2.75) is 5.44 Å². The molecule has 0 aromatic heterocycles. The lowest BCUT2D eigenvalue weighted by Crippen LogP contribution is -2.11. The van der Waals surface area contributed by atoms with E-state index in [0.717, 1.165) is 0 Å². The van der Waals surface area contributed by atoms with Crippen molar-refractivity contribution in [2.75, 3.05) is 0 Å². The second-order valence-electron chi connectivity index (χ2n) is 2.53. The van der Waals surface area contributed by atoms with E-state index in [4.69, 9.17) is 32.9 Å². The van der Waals surface area contributed by atoms with Gasteiger partial charge in [0.05, 0.1) is 0 Å². The summed E-state index contributed by atoms with van der Waals surface area (Å²) in [4.78, 5) is 0. The van der Waals surface area contributed by atoms with E-state index in [1.165, 1.54) is 18.2 Å². The topological polar surface area (TPSA) is 74.6 Å². The lowest BCUT2D eigenvalue weighted by atomic mass is 10.2. The van der Waals surface area contributed by atoms with E-state index in [9.17, 15) is 8.42 Å². The van der Waals surface area contributed by atoms with Crippen molar-refractivity contribution < 1.29 is 18.1 Å². The predicted octanol–water partition coefficient (Wildman–Crippen LogP) is 1.87. The summed E-state index contributed by atoms with van der Waals surface area (Å²) in [5, 5.41) is 9.44. The van der Waals surface area contributed by atoms with E-state index in [1.54, 1.807) is 0 Å². The Morgan fingerprint density at radius 3 is 2.29 bits per heavy atom. The van der Waals surface area contributed by atoms with Gasteiger partial charge in [0, 0.05) is 15.6 Å². The third kappa shape index (κ3) is 2.59. The molecule has 2 N–H and O–H groups in total. The highest BCUT2D eigenvalue weighted by Crippen LogP contribution is 2.28. The van der Waals surface area contributed by atoms with Crippen LogP contribution in [0.2, 0.25) is 10.0 Å². The lowest BCUT2D eigenvalue weighted by molar-refractivity contribution is 0.238. The first kappa shape index (κ1) is 11.7. The average molecular weight is 257 g/mol. The molecule has 1 aromatic rings. The van der Waals surface area contributed by atoms with Gasteiger partial charge in [-0.1, -0.05) is 29.3 Å². The van der Waals surface area contributed by atoms with Crippen molar-refractivity contribution in [1.29, 1.82) is 0 Å². The molecule has 1 unspecified atom stereocenters. The highest BCUT2D eigenvalue weighted by atomic mass is 35.5. The fourth-order valence-corrected chi connectivity index (χ4v) is 1.97. The molecule has 0 aliphatic heterocycles. The molecule has 14 heavy (non-hydrogen) atoms. The molecular formula is C7H6Cl2O4S. The molecule has 4 nitrogen and oxygen atoms in total. The highest BCUT2D eigenvalue weighted by molar-refractivity contribution is 7.85. The first-order chi connectivity index (χ1) is 6.32. The zero-order valence-corrected chi connectivity index (χ0v) is 9.01. The quantitative estimate of drug-likeness (QED) is 0.793. The third-order valence-electron chi connectivity index (χ3n) is 1.51. The van der Waals surface area contributed by atoms with Gasteiger partial charge in [0.2, 0.25) is 5.44 Å². The maximum atomic E-state index is 10.6. The molecular weight excluding hydrogens is 251 g/mol. The van der Waals surface area contributed by atoms with Gasteiger partial charge in [-0.15, -0.1) is 0 Å². The van der Waals surface area contributed by atoms with Crippen LogP contribution in [0.4, 0.5) is 0 Å². The molecule has 1 atom stereocenters. The summed E-state index contributed by atoms with van der Waals surface area (Å²) < 4.78 is 29.7. The molecule has 78 valence electrons. The molecule has 0 aliphatic carbocycles. The smallest absolute Gasteiger partial charge is 0.296 e. The third-order valence-corrected chi connectivity index (χ3v) is 2.89. The number of hydrogen-bond acceptors (Lipinski definition) is 3. The van der Waals surface area contributed by atoms with E-state index in [0.29, 0.717) is 5.02 Å². The van der Waals surface area contributed by atoms with Crippen molar-refractivity contribution in [2.24, 2.45) is 0 Å². The van der Waals surface area contributed by atoms with Crippen LogP contribution in [0.1, 0.15) is 11.0 Å². The van der Waals surface area contributed by atoms with E-state index in [2.05, 4.69) is 0 Å². The minimum Gasteiger partial charge on any atom is -0.371 e. The first-order valence-electron chi connectivity index (χ1n) is 3.41. The monoisotopic (exact) mass is 256 g/mol. The van der Waals surface area contributed by atoms with Gasteiger partial charge in [-0.3, -0.25) is 4.55 Å². The van der Waals surface area contributed by atoms with Gasteiger partial charge < -0.3 is 5.11 Å². The Morgan fingerprint density at radius 2 is 1.86 bits per heavy atom. The minimum absolute atomic E-state index is 0.0253. The Morgan fingerprint density at radius 1 is 1.29 bits per heavy atom. The molecule has 0 spiro atoms. The van der Waals surface area contributed by atoms with Crippen LogP contribution >= 0.6 is 23.2 Å². The lowest BCUT2D eigenvalue weighted by Gasteiger charge is -2.09. The van der Waals surface area contributed by atoms with Crippen molar-refractivity contribution in [3.05, 3.63) is 33.8 Å². The van der Waals surface area contributed by atoms with E-state index < -0.39 is 15.6 Å². The van der Waals surface area contributed by atoms with Gasteiger partial charge >= 0.3 is 0 Å². The largest absolute Gasteiger partial charge is 0.371 e. The van der Waals surface area contributed by atoms with E-state index >= 15 is 0 Å². The zero-order chi connectivity index (χ0) is 10.9. The number of aliphatic hydroxyl groups is 1. The number of halogens is 2. The van der Waals surface area contributed by atoms with E-state index in [-0.39, 0.29) is 10.6 Å². The summed E-state index contributed by atoms with van der Waals surface area (Å²) >= 11 is 11.2. The fourth-order valence-electron chi connectivity index (χ4n) is 0.862. The van der Waals surface area contributed by atoms with Crippen LogP contribution in [-0.4, -0.2) is 18.1 Å². The summed E-state index contributed by atoms with van der Waals surface area (Å²) in [5.41, 5.74) is -2.16. The maximum Gasteiger partial charge on any atom is 0.296 e. The summed E-state index contributed by atoms with van der Waals surface area (Å²) in [7, 11) is -4.56. The van der Waals surface area contributed by atoms with Gasteiger partial charge in [-0.05, 0) is 12.1 Å². The minimum atomic E-state index is -4.56. The van der Waals surface area contributed by atoms with Gasteiger partial charge in [0.15, 0.2) is 0 Å². The summed E-state index contributed by atoms with van der Waals surface area (Å²) in [5.74, 6) is 0. The number of benzene rings is 1. The van der Waals surface area contributed by atoms with Gasteiger partial charge in [-0.25, -0.2) is 0 Å². The number of aliphatic hydroxyl groups excluding tert-OH is 1. The molecule has 0 amide bonds. The zero-order valence-electron chi connectivity index (χ0n) is 6.68. The molecule has 0 saturated heterocycles. The van der Waals surface area contributed by atoms with Crippen molar-refractivity contribution in [3.8, 4) is 0 Å². The van der Waals surface area contributed by atoms with Crippen LogP contribution in [0.5, 0.6) is 0 Å². The normalized spacial score (nSPS) is 14.0. The second-order valence-corrected chi connectivity index (χ2v) is 4.85. The van der Waals surface area contributed by atoms with Crippen LogP contribution in [0.15, 0.2) is 18.2 Å². The molecule has 1 aromatic carbocycles. The van der Waals surface area contributed by atoms with Crippen molar-refractivity contribution in [1.82, 2.24) is 0 Å². The number of rotatable bonds is 2. The van der Waals surface area contributed by atoms with Gasteiger partial charge in [0.1, 0.15) is 0 Å². The van der Waals surface area contributed by atoms with Gasteiger partial charge in [0.25, 0.3) is 10.1 Å². The Bertz CT molecular complexity index is 443. The van der Waals surface area contributed by atoms with Crippen LogP contribution in [-0.2, 0) is 10.1 Å². The second kappa shape index (κ2) is 4.04. The fraction of sp³-hybridized carbons (Fsp3) is 0.143. The maximum absolute atomic E-state index is 10.6. The molecule has 0 bridgehead atoms. The standard InChI is InChI=1S/C7H6Cl2O4S/c8-4-1-2-5(6(9)3-4)7(10)14(11,12)13/h1-3,7,10H,(H,11,12,13). The Hall–Kier alpha value is -0.330. The average Bonchev–Trinajstić information content (AvgIpc) is 2.01. The molecule has 0 fully saturated rings. The molecule has 7 heteroatoms. The Labute approximate surface area is 90.8 Å².